The van der Waals surface area contributed by atoms with Crippen LogP contribution in [-0.4, -0.2) is 33.4 Å². The van der Waals surface area contributed by atoms with Crippen molar-refractivity contribution in [3.05, 3.63) is 51.4 Å². The van der Waals surface area contributed by atoms with E-state index in [-0.39, 0.29) is 18.0 Å². The van der Waals surface area contributed by atoms with Crippen LogP contribution in [-0.2, 0) is 11.3 Å². The number of amides is 1. The quantitative estimate of drug-likeness (QED) is 0.670. The lowest BCUT2D eigenvalue weighted by Crippen LogP contribution is -2.37. The minimum atomic E-state index is -0.131. The number of aryl methyl sites for hydroxylation is 2. The molecule has 1 saturated heterocycles. The molecule has 0 aliphatic carbocycles. The molecule has 0 unspecified atom stereocenters. The van der Waals surface area contributed by atoms with Crippen LogP contribution in [0, 0.1) is 13.8 Å². The minimum absolute atomic E-state index is 0.00832. The fourth-order valence-corrected chi connectivity index (χ4v) is 4.89. The molecular weight excluding hydrogens is 370 g/mol. The number of rotatable bonds is 3. The average molecular weight is 396 g/mol. The fraction of sp³-hybridized carbons (Fsp3) is 0.409. The molecule has 0 radical (unpaired) electrons. The second kappa shape index (κ2) is 7.87. The van der Waals surface area contributed by atoms with E-state index in [4.69, 9.17) is 0 Å². The summed E-state index contributed by atoms with van der Waals surface area (Å²) >= 11 is 1.53. The highest BCUT2D eigenvalue weighted by Crippen LogP contribution is 2.35. The number of carbonyl (C=O) groups excluding carboxylic acids is 1. The maximum absolute atomic E-state index is 13.2. The number of aromatic nitrogens is 2. The Morgan fingerprint density at radius 3 is 2.43 bits per heavy atom. The summed E-state index contributed by atoms with van der Waals surface area (Å²) < 4.78 is 1.47. The van der Waals surface area contributed by atoms with Gasteiger partial charge in [0.2, 0.25) is 5.91 Å². The van der Waals surface area contributed by atoms with E-state index in [0.29, 0.717) is 5.39 Å². The van der Waals surface area contributed by atoms with Gasteiger partial charge in [-0.15, -0.1) is 11.3 Å². The summed E-state index contributed by atoms with van der Waals surface area (Å²) in [4.78, 5) is 34.2. The second-order valence-corrected chi connectivity index (χ2v) is 8.76. The normalized spacial score (nSPS) is 15.0. The van der Waals surface area contributed by atoms with Gasteiger partial charge in [0.1, 0.15) is 11.4 Å². The third-order valence-corrected chi connectivity index (χ3v) is 6.47. The first-order chi connectivity index (χ1) is 13.5. The first-order valence-corrected chi connectivity index (χ1v) is 10.7. The van der Waals surface area contributed by atoms with Crippen LogP contribution in [0.2, 0.25) is 0 Å². The molecule has 3 heterocycles. The van der Waals surface area contributed by atoms with Gasteiger partial charge in [-0.1, -0.05) is 42.7 Å². The summed E-state index contributed by atoms with van der Waals surface area (Å²) in [6.45, 7) is 5.70. The Balaban J connectivity index is 1.72. The van der Waals surface area contributed by atoms with Gasteiger partial charge in [0.05, 0.1) is 11.7 Å². The highest BCUT2D eigenvalue weighted by molar-refractivity contribution is 7.19. The van der Waals surface area contributed by atoms with Crippen LogP contribution in [0.5, 0.6) is 0 Å². The van der Waals surface area contributed by atoms with Crippen LogP contribution in [0.1, 0.15) is 36.1 Å². The number of hydrogen-bond donors (Lipinski definition) is 0. The second-order valence-electron chi connectivity index (χ2n) is 7.55. The molecule has 3 aromatic rings. The number of nitrogens with zero attached hydrogens (tertiary/aromatic N) is 3. The smallest absolute Gasteiger partial charge is 0.263 e. The Bertz CT molecular complexity index is 1060. The molecule has 146 valence electrons. The van der Waals surface area contributed by atoms with Crippen LogP contribution in [0.4, 0.5) is 0 Å². The maximum Gasteiger partial charge on any atom is 0.263 e. The van der Waals surface area contributed by atoms with Gasteiger partial charge in [-0.3, -0.25) is 14.2 Å². The van der Waals surface area contributed by atoms with Gasteiger partial charge in [0.25, 0.3) is 5.56 Å². The van der Waals surface area contributed by atoms with Gasteiger partial charge in [0, 0.05) is 23.5 Å². The van der Waals surface area contributed by atoms with Crippen LogP contribution in [0.3, 0.4) is 0 Å². The van der Waals surface area contributed by atoms with E-state index in [9.17, 15) is 9.59 Å². The van der Waals surface area contributed by atoms with Gasteiger partial charge in [-0.25, -0.2) is 4.98 Å². The topological polar surface area (TPSA) is 55.2 Å². The van der Waals surface area contributed by atoms with Gasteiger partial charge in [0.15, 0.2) is 0 Å². The standard InChI is InChI=1S/C22H25N3O2S/c1-15-7-9-17(10-8-15)19-16(2)28-21-20(19)22(27)25(14-23-21)13-18(26)24-11-5-3-4-6-12-24/h7-10,14H,3-6,11-13H2,1-2H3. The van der Waals surface area contributed by atoms with Crippen LogP contribution in [0.15, 0.2) is 35.4 Å². The molecule has 6 heteroatoms. The van der Waals surface area contributed by atoms with Crippen LogP contribution in [0.25, 0.3) is 21.3 Å². The lowest BCUT2D eigenvalue weighted by atomic mass is 10.0. The SMILES string of the molecule is Cc1ccc(-c2c(C)sc3ncn(CC(=O)N4CCCCCC4)c(=O)c23)cc1. The number of hydrogen-bond acceptors (Lipinski definition) is 4. The first-order valence-electron chi connectivity index (χ1n) is 9.88. The predicted octanol–water partition coefficient (Wildman–Crippen LogP) is 4.14. The monoisotopic (exact) mass is 395 g/mol. The lowest BCUT2D eigenvalue weighted by Gasteiger charge is -2.20. The molecule has 0 atom stereocenters. The Morgan fingerprint density at radius 2 is 1.75 bits per heavy atom. The van der Waals surface area contributed by atoms with E-state index in [1.54, 1.807) is 0 Å². The summed E-state index contributed by atoms with van der Waals surface area (Å²) in [7, 11) is 0. The summed E-state index contributed by atoms with van der Waals surface area (Å²) in [5.74, 6) is 0.00832. The molecule has 0 N–H and O–H groups in total. The molecule has 0 bridgehead atoms. The van der Waals surface area contributed by atoms with Crippen molar-refractivity contribution < 1.29 is 4.79 Å². The average Bonchev–Trinajstić information content (AvgIpc) is 2.85. The number of likely N-dealkylation sites (tertiary alicyclic amines) is 1. The summed E-state index contributed by atoms with van der Waals surface area (Å²) in [5, 5.41) is 0.623. The molecule has 1 aliphatic heterocycles. The predicted molar refractivity (Wildman–Crippen MR) is 114 cm³/mol. The Kier molecular flexibility index (Phi) is 5.31. The van der Waals surface area contributed by atoms with Crippen molar-refractivity contribution in [1.29, 1.82) is 0 Å². The third-order valence-electron chi connectivity index (χ3n) is 5.46. The van der Waals surface area contributed by atoms with Crippen LogP contribution < -0.4 is 5.56 Å². The number of fused-ring (bicyclic) bond motifs is 1. The Hall–Kier alpha value is -2.47. The van der Waals surface area contributed by atoms with Crippen molar-refractivity contribution in [1.82, 2.24) is 14.5 Å². The Labute approximate surface area is 168 Å². The fourth-order valence-electron chi connectivity index (χ4n) is 3.88. The molecule has 28 heavy (non-hydrogen) atoms. The van der Waals surface area contributed by atoms with E-state index in [2.05, 4.69) is 17.1 Å². The molecule has 1 amide bonds. The van der Waals surface area contributed by atoms with Crippen LogP contribution >= 0.6 is 11.3 Å². The highest BCUT2D eigenvalue weighted by Gasteiger charge is 2.20. The van der Waals surface area contributed by atoms with Gasteiger partial charge in [-0.2, -0.15) is 0 Å². The van der Waals surface area contributed by atoms with Gasteiger partial charge < -0.3 is 4.90 Å². The summed E-state index contributed by atoms with van der Waals surface area (Å²) in [6, 6.07) is 8.19. The maximum atomic E-state index is 13.2. The Morgan fingerprint density at radius 1 is 1.07 bits per heavy atom. The van der Waals surface area contributed by atoms with Gasteiger partial charge >= 0.3 is 0 Å². The number of carbonyl (C=O) groups is 1. The minimum Gasteiger partial charge on any atom is -0.341 e. The van der Waals surface area contributed by atoms with E-state index in [0.717, 1.165) is 46.8 Å². The molecule has 1 aromatic carbocycles. The van der Waals surface area contributed by atoms with Gasteiger partial charge in [-0.05, 0) is 32.3 Å². The van der Waals surface area contributed by atoms with Crippen molar-refractivity contribution in [3.63, 3.8) is 0 Å². The molecule has 1 fully saturated rings. The lowest BCUT2D eigenvalue weighted by molar-refractivity contribution is -0.131. The van der Waals surface area contributed by atoms with Crippen molar-refractivity contribution >= 4 is 27.5 Å². The number of thiophene rings is 1. The summed E-state index contributed by atoms with van der Waals surface area (Å²) in [5.41, 5.74) is 3.01. The molecule has 0 saturated carbocycles. The van der Waals surface area contributed by atoms with Crippen molar-refractivity contribution in [2.75, 3.05) is 13.1 Å². The first kappa shape index (κ1) is 18.9. The third kappa shape index (κ3) is 3.61. The van der Waals surface area contributed by atoms with Crippen molar-refractivity contribution in [2.45, 2.75) is 46.1 Å². The van der Waals surface area contributed by atoms with Crippen molar-refractivity contribution in [3.8, 4) is 11.1 Å². The zero-order valence-electron chi connectivity index (χ0n) is 16.4. The molecule has 5 nitrogen and oxygen atoms in total. The van der Waals surface area contributed by atoms with E-state index >= 15 is 0 Å². The zero-order valence-corrected chi connectivity index (χ0v) is 17.2. The molecule has 1 aliphatic rings. The van der Waals surface area contributed by atoms with E-state index in [1.807, 2.05) is 30.9 Å². The van der Waals surface area contributed by atoms with Crippen molar-refractivity contribution in [2.24, 2.45) is 0 Å². The molecule has 2 aromatic heterocycles. The number of benzene rings is 1. The molecular formula is C22H25N3O2S. The molecule has 0 spiro atoms. The molecule has 4 rings (SSSR count). The highest BCUT2D eigenvalue weighted by atomic mass is 32.1. The van der Waals surface area contributed by atoms with E-state index in [1.165, 1.54) is 40.6 Å². The summed E-state index contributed by atoms with van der Waals surface area (Å²) in [6.07, 6.45) is 5.95. The zero-order chi connectivity index (χ0) is 19.7. The largest absolute Gasteiger partial charge is 0.341 e. The van der Waals surface area contributed by atoms with E-state index < -0.39 is 0 Å².